The minimum absolute atomic E-state index is 0.213. The normalized spacial score (nSPS) is 15.4. The number of nitrogens with zero attached hydrogens (tertiary/aromatic N) is 2. The molecule has 0 bridgehead atoms. The summed E-state index contributed by atoms with van der Waals surface area (Å²) in [5, 5.41) is 3.22. The van der Waals surface area contributed by atoms with Gasteiger partial charge in [0.15, 0.2) is 0 Å². The molecule has 2 aliphatic rings. The Balaban J connectivity index is 1.23. The zero-order valence-corrected chi connectivity index (χ0v) is 30.9. The van der Waals surface area contributed by atoms with Crippen LogP contribution in [0.4, 0.5) is 0 Å². The van der Waals surface area contributed by atoms with Crippen LogP contribution in [0.2, 0.25) is 0 Å². The van der Waals surface area contributed by atoms with E-state index in [1.54, 1.807) is 11.3 Å². The first-order valence-electron chi connectivity index (χ1n) is 18.7. The van der Waals surface area contributed by atoms with Crippen LogP contribution in [0.5, 0.6) is 0 Å². The average Bonchev–Trinajstić information content (AvgIpc) is 3.65. The summed E-state index contributed by atoms with van der Waals surface area (Å²) in [6.07, 6.45) is 8.21. The van der Waals surface area contributed by atoms with Gasteiger partial charge in [0.05, 0.1) is 0 Å². The van der Waals surface area contributed by atoms with Gasteiger partial charge >= 0.3 is 0 Å². The number of thiophene rings is 1. The van der Waals surface area contributed by atoms with Gasteiger partial charge in [-0.2, -0.15) is 0 Å². The molecule has 0 saturated carbocycles. The minimum Gasteiger partial charge on any atom is -0.274 e. The molecule has 2 unspecified atom stereocenters. The molecule has 7 rings (SSSR count). The van der Waals surface area contributed by atoms with E-state index >= 15 is 0 Å². The maximum absolute atomic E-state index is 13.8. The molecule has 4 aromatic carbocycles. The van der Waals surface area contributed by atoms with Crippen LogP contribution in [0.15, 0.2) is 72.8 Å². The van der Waals surface area contributed by atoms with E-state index in [1.807, 2.05) is 60.7 Å². The van der Waals surface area contributed by atoms with Crippen molar-refractivity contribution in [1.29, 1.82) is 0 Å². The summed E-state index contributed by atoms with van der Waals surface area (Å²) < 4.78 is 0. The SMILES string of the molecule is CCCCC(CC)CN1C(=O)c2cccc3c(-c4ccc(-c5ccc6c7c(cccc57)C(=O)N(CC(CC)CCCC)C6=O)s4)ccc(c23)C1=O. The number of hydrogen-bond acceptors (Lipinski definition) is 5. The van der Waals surface area contributed by atoms with E-state index in [1.165, 1.54) is 9.80 Å². The molecule has 2 atom stereocenters. The summed E-state index contributed by atoms with van der Waals surface area (Å²) in [5.74, 6) is -0.276. The molecule has 262 valence electrons. The Kier molecular flexibility index (Phi) is 9.93. The predicted octanol–water partition coefficient (Wildman–Crippen LogP) is 11.0. The van der Waals surface area contributed by atoms with Gasteiger partial charge in [-0.3, -0.25) is 29.0 Å². The number of hydrogen-bond donors (Lipinski definition) is 0. The first kappa shape index (κ1) is 34.8. The summed E-state index contributed by atoms with van der Waals surface area (Å²) in [6, 6.07) is 23.4. The van der Waals surface area contributed by atoms with Crippen LogP contribution >= 0.6 is 11.3 Å². The molecule has 0 radical (unpaired) electrons. The van der Waals surface area contributed by atoms with E-state index in [4.69, 9.17) is 0 Å². The summed E-state index contributed by atoms with van der Waals surface area (Å²) >= 11 is 1.63. The quantitative estimate of drug-likeness (QED) is 0.108. The van der Waals surface area contributed by atoms with Crippen LogP contribution in [0.1, 0.15) is 120 Å². The van der Waals surface area contributed by atoms with Crippen LogP contribution in [0.25, 0.3) is 42.4 Å². The Labute approximate surface area is 304 Å². The van der Waals surface area contributed by atoms with Crippen LogP contribution in [-0.4, -0.2) is 46.5 Å². The Morgan fingerprint density at radius 3 is 1.24 bits per heavy atom. The number of amides is 4. The third-order valence-electron chi connectivity index (χ3n) is 11.1. The van der Waals surface area contributed by atoms with Gasteiger partial charge in [-0.05, 0) is 83.0 Å². The number of carbonyl (C=O) groups is 4. The molecule has 3 heterocycles. The number of imide groups is 2. The van der Waals surface area contributed by atoms with Gasteiger partial charge in [-0.15, -0.1) is 11.3 Å². The summed E-state index contributed by atoms with van der Waals surface area (Å²) in [5.41, 5.74) is 4.24. The van der Waals surface area contributed by atoms with Gasteiger partial charge in [0.1, 0.15) is 0 Å². The fourth-order valence-electron chi connectivity index (χ4n) is 8.03. The van der Waals surface area contributed by atoms with Crippen LogP contribution in [-0.2, 0) is 0 Å². The Hall–Kier alpha value is -4.62. The number of carbonyl (C=O) groups excluding carboxylic acids is 4. The fourth-order valence-corrected chi connectivity index (χ4v) is 9.12. The van der Waals surface area contributed by atoms with Crippen molar-refractivity contribution in [2.45, 2.75) is 79.1 Å². The Bertz CT molecular complexity index is 1980. The van der Waals surface area contributed by atoms with E-state index in [9.17, 15) is 19.2 Å². The lowest BCUT2D eigenvalue weighted by Gasteiger charge is -2.30. The molecule has 0 saturated heterocycles. The molecule has 1 aromatic heterocycles. The maximum atomic E-state index is 13.8. The third-order valence-corrected chi connectivity index (χ3v) is 12.2. The Morgan fingerprint density at radius 2 is 0.863 bits per heavy atom. The minimum atomic E-state index is -0.213. The number of benzene rings is 4. The van der Waals surface area contributed by atoms with E-state index in [-0.39, 0.29) is 35.5 Å². The predicted molar refractivity (Wildman–Crippen MR) is 208 cm³/mol. The lowest BCUT2D eigenvalue weighted by molar-refractivity contribution is 0.0565. The van der Waals surface area contributed by atoms with Crippen molar-refractivity contribution in [3.63, 3.8) is 0 Å². The van der Waals surface area contributed by atoms with Crippen LogP contribution in [0, 0.1) is 11.8 Å². The highest BCUT2D eigenvalue weighted by atomic mass is 32.1. The zero-order chi connectivity index (χ0) is 35.8. The molecular formula is C44H46N2O4S. The molecule has 0 fully saturated rings. The molecule has 5 aromatic rings. The van der Waals surface area contributed by atoms with E-state index in [0.717, 1.165) is 93.8 Å². The third kappa shape index (κ3) is 6.09. The summed E-state index contributed by atoms with van der Waals surface area (Å²) in [7, 11) is 0. The van der Waals surface area contributed by atoms with Gasteiger partial charge < -0.3 is 0 Å². The number of rotatable bonds is 14. The highest BCUT2D eigenvalue weighted by Gasteiger charge is 2.36. The van der Waals surface area contributed by atoms with Crippen LogP contribution < -0.4 is 0 Å². The highest BCUT2D eigenvalue weighted by molar-refractivity contribution is 7.19. The zero-order valence-electron chi connectivity index (χ0n) is 30.1. The molecule has 2 aliphatic heterocycles. The van der Waals surface area contributed by atoms with Crippen molar-refractivity contribution in [2.24, 2.45) is 11.8 Å². The summed E-state index contributed by atoms with van der Waals surface area (Å²) in [4.78, 5) is 60.2. The maximum Gasteiger partial charge on any atom is 0.261 e. The Morgan fingerprint density at radius 1 is 0.490 bits per heavy atom. The molecule has 0 N–H and O–H groups in total. The van der Waals surface area contributed by atoms with E-state index in [0.29, 0.717) is 35.3 Å². The molecule has 0 spiro atoms. The topological polar surface area (TPSA) is 74.8 Å². The van der Waals surface area contributed by atoms with E-state index in [2.05, 4.69) is 39.8 Å². The second-order valence-corrected chi connectivity index (χ2v) is 15.3. The molecule has 0 aliphatic carbocycles. The van der Waals surface area contributed by atoms with Crippen molar-refractivity contribution in [1.82, 2.24) is 9.80 Å². The van der Waals surface area contributed by atoms with E-state index < -0.39 is 0 Å². The summed E-state index contributed by atoms with van der Waals surface area (Å²) in [6.45, 7) is 9.48. The fraction of sp³-hybridized carbons (Fsp3) is 0.364. The van der Waals surface area contributed by atoms with Crippen LogP contribution in [0.3, 0.4) is 0 Å². The number of unbranched alkanes of at least 4 members (excludes halogenated alkanes) is 2. The second kappa shape index (κ2) is 14.5. The first-order valence-corrected chi connectivity index (χ1v) is 19.6. The smallest absolute Gasteiger partial charge is 0.261 e. The molecule has 6 nitrogen and oxygen atoms in total. The lowest BCUT2D eigenvalue weighted by atomic mass is 9.89. The first-order chi connectivity index (χ1) is 24.8. The van der Waals surface area contributed by atoms with Gasteiger partial charge in [0.25, 0.3) is 23.6 Å². The standard InChI is InChI=1S/C44H46N2O4S/c1-5-9-13-27(7-3)25-45-41(47)33-17-11-15-31-29(19-21-35(39(31)33)43(45)49)37-23-24-38(51-37)30-20-22-36-40-32(30)16-12-18-34(40)42(48)46(44(36)50)26-28(8-4)14-10-6-2/h11-12,15-24,27-28H,5-10,13-14,25-26H2,1-4H3. The van der Waals surface area contributed by atoms with Crippen molar-refractivity contribution in [3.05, 3.63) is 95.1 Å². The van der Waals surface area contributed by atoms with Crippen molar-refractivity contribution < 1.29 is 19.2 Å². The molecule has 51 heavy (non-hydrogen) atoms. The van der Waals surface area contributed by atoms with Crippen molar-refractivity contribution in [2.75, 3.05) is 13.1 Å². The largest absolute Gasteiger partial charge is 0.274 e. The van der Waals surface area contributed by atoms with Crippen molar-refractivity contribution in [3.8, 4) is 20.9 Å². The van der Waals surface area contributed by atoms with Gasteiger partial charge in [0, 0.05) is 55.9 Å². The average molecular weight is 699 g/mol. The van der Waals surface area contributed by atoms with Gasteiger partial charge in [0.2, 0.25) is 0 Å². The highest BCUT2D eigenvalue weighted by Crippen LogP contribution is 2.44. The van der Waals surface area contributed by atoms with Crippen molar-refractivity contribution >= 4 is 56.5 Å². The molecule has 4 amide bonds. The molecule has 7 heteroatoms. The molecular weight excluding hydrogens is 653 g/mol. The van der Waals surface area contributed by atoms with Gasteiger partial charge in [-0.1, -0.05) is 103 Å². The second-order valence-electron chi connectivity index (χ2n) is 14.2. The van der Waals surface area contributed by atoms with Gasteiger partial charge in [-0.25, -0.2) is 0 Å². The monoisotopic (exact) mass is 698 g/mol. The lowest BCUT2D eigenvalue weighted by Crippen LogP contribution is -2.43.